The molecule has 0 radical (unpaired) electrons. The highest BCUT2D eigenvalue weighted by Crippen LogP contribution is 2.35. The van der Waals surface area contributed by atoms with Gasteiger partial charge in [-0.3, -0.25) is 0 Å². The van der Waals surface area contributed by atoms with E-state index in [-0.39, 0.29) is 0 Å². The van der Waals surface area contributed by atoms with Crippen LogP contribution in [-0.4, -0.2) is 35.9 Å². The van der Waals surface area contributed by atoms with Crippen LogP contribution in [0.2, 0.25) is 0 Å². The monoisotopic (exact) mass is 306 g/mol. The topological polar surface area (TPSA) is 54.2 Å². The van der Waals surface area contributed by atoms with Gasteiger partial charge in [0, 0.05) is 35.8 Å². The molecule has 5 heteroatoms. The van der Waals surface area contributed by atoms with Crippen molar-refractivity contribution in [1.82, 2.24) is 10.3 Å². The Morgan fingerprint density at radius 1 is 1.29 bits per heavy atom. The molecule has 2 aliphatic rings. The van der Waals surface area contributed by atoms with E-state index < -0.39 is 0 Å². The molecule has 0 saturated carbocycles. The van der Waals surface area contributed by atoms with Gasteiger partial charge in [-0.2, -0.15) is 0 Å². The first-order chi connectivity index (χ1) is 9.92. The van der Waals surface area contributed by atoms with Crippen LogP contribution in [0.4, 0.5) is 11.6 Å². The zero-order valence-corrected chi connectivity index (χ0v) is 14.0. The van der Waals surface area contributed by atoms with Gasteiger partial charge >= 0.3 is 0 Å². The largest absolute Gasteiger partial charge is 0.384 e. The predicted octanol–water partition coefficient (Wildman–Crippen LogP) is 2.74. The maximum absolute atomic E-state index is 6.05. The second-order valence-electron chi connectivity index (χ2n) is 7.39. The first kappa shape index (κ1) is 15.0. The number of fused-ring (bicyclic) bond motifs is 2. The van der Waals surface area contributed by atoms with E-state index in [0.29, 0.717) is 23.3 Å². The third-order valence-electron chi connectivity index (χ3n) is 4.12. The molecule has 21 heavy (non-hydrogen) atoms. The summed E-state index contributed by atoms with van der Waals surface area (Å²) in [6.07, 6.45) is 2.53. The van der Waals surface area contributed by atoms with Crippen molar-refractivity contribution in [1.29, 1.82) is 0 Å². The summed E-state index contributed by atoms with van der Waals surface area (Å²) >= 11 is 1.88. The van der Waals surface area contributed by atoms with Crippen LogP contribution >= 0.6 is 11.8 Å². The SMILES string of the molecule is CC(C)(C)CSc1cc(N)nc(N2C3CCC2CNC3)c1. The summed E-state index contributed by atoms with van der Waals surface area (Å²) < 4.78 is 0. The molecular formula is C16H26N4S. The number of rotatable bonds is 3. The number of anilines is 2. The Morgan fingerprint density at radius 2 is 1.95 bits per heavy atom. The van der Waals surface area contributed by atoms with Crippen LogP contribution in [0.1, 0.15) is 33.6 Å². The Balaban J connectivity index is 1.81. The number of nitrogens with two attached hydrogens (primary N) is 1. The van der Waals surface area contributed by atoms with Crippen molar-refractivity contribution in [2.24, 2.45) is 5.41 Å². The zero-order valence-electron chi connectivity index (χ0n) is 13.2. The van der Waals surface area contributed by atoms with Crippen molar-refractivity contribution in [3.63, 3.8) is 0 Å². The van der Waals surface area contributed by atoms with E-state index in [2.05, 4.69) is 42.0 Å². The highest BCUT2D eigenvalue weighted by molar-refractivity contribution is 7.99. The van der Waals surface area contributed by atoms with Crippen molar-refractivity contribution in [3.8, 4) is 0 Å². The van der Waals surface area contributed by atoms with E-state index in [0.717, 1.165) is 24.7 Å². The summed E-state index contributed by atoms with van der Waals surface area (Å²) in [4.78, 5) is 8.34. The number of nitrogen functional groups attached to an aromatic ring is 1. The Hall–Kier alpha value is -0.940. The second-order valence-corrected chi connectivity index (χ2v) is 8.43. The third kappa shape index (κ3) is 3.46. The Labute approximate surface area is 131 Å². The molecule has 2 aliphatic heterocycles. The fourth-order valence-corrected chi connectivity index (χ4v) is 4.17. The normalized spacial score (nSPS) is 25.4. The molecule has 1 aromatic heterocycles. The van der Waals surface area contributed by atoms with Crippen LogP contribution in [0.5, 0.6) is 0 Å². The highest BCUT2D eigenvalue weighted by atomic mass is 32.2. The van der Waals surface area contributed by atoms with Gasteiger partial charge in [0.25, 0.3) is 0 Å². The predicted molar refractivity (Wildman–Crippen MR) is 91.0 cm³/mol. The molecule has 1 aromatic rings. The van der Waals surface area contributed by atoms with Gasteiger partial charge in [0.05, 0.1) is 0 Å². The minimum Gasteiger partial charge on any atom is -0.384 e. The molecule has 116 valence electrons. The Bertz CT molecular complexity index is 495. The van der Waals surface area contributed by atoms with Crippen LogP contribution in [-0.2, 0) is 0 Å². The van der Waals surface area contributed by atoms with Crippen molar-refractivity contribution < 1.29 is 0 Å². The molecule has 2 atom stereocenters. The number of nitrogens with one attached hydrogen (secondary N) is 1. The number of pyridine rings is 1. The summed E-state index contributed by atoms with van der Waals surface area (Å²) in [6.45, 7) is 8.93. The van der Waals surface area contributed by atoms with Gasteiger partial charge in [-0.05, 0) is 30.4 Å². The number of piperazine rings is 1. The van der Waals surface area contributed by atoms with E-state index in [1.165, 1.54) is 17.7 Å². The minimum atomic E-state index is 0.316. The first-order valence-electron chi connectivity index (χ1n) is 7.82. The molecule has 0 spiro atoms. The molecule has 3 rings (SSSR count). The summed E-state index contributed by atoms with van der Waals surface area (Å²) in [5, 5.41) is 3.51. The molecule has 3 heterocycles. The molecule has 0 amide bonds. The summed E-state index contributed by atoms with van der Waals surface area (Å²) in [5.74, 6) is 2.80. The summed E-state index contributed by atoms with van der Waals surface area (Å²) in [6, 6.07) is 5.39. The van der Waals surface area contributed by atoms with Crippen LogP contribution in [0.25, 0.3) is 0 Å². The third-order valence-corrected chi connectivity index (χ3v) is 5.70. The smallest absolute Gasteiger partial charge is 0.132 e. The number of nitrogens with zero attached hydrogens (tertiary/aromatic N) is 2. The number of hydrogen-bond donors (Lipinski definition) is 2. The molecule has 2 saturated heterocycles. The highest BCUT2D eigenvalue weighted by Gasteiger charge is 2.37. The van der Waals surface area contributed by atoms with E-state index in [4.69, 9.17) is 5.73 Å². The lowest BCUT2D eigenvalue weighted by molar-refractivity contribution is 0.479. The van der Waals surface area contributed by atoms with Crippen molar-refractivity contribution >= 4 is 23.4 Å². The minimum absolute atomic E-state index is 0.316. The van der Waals surface area contributed by atoms with E-state index in [9.17, 15) is 0 Å². The standard InChI is InChI=1S/C16H26N4S/c1-16(2,3)10-21-13-6-14(17)19-15(7-13)20-11-4-5-12(20)9-18-8-11/h6-7,11-12,18H,4-5,8-10H2,1-3H3,(H2,17,19). The first-order valence-corrected chi connectivity index (χ1v) is 8.80. The van der Waals surface area contributed by atoms with Gasteiger partial charge in [0.2, 0.25) is 0 Å². The maximum Gasteiger partial charge on any atom is 0.132 e. The lowest BCUT2D eigenvalue weighted by Gasteiger charge is -2.36. The summed E-state index contributed by atoms with van der Waals surface area (Å²) in [5.41, 5.74) is 6.37. The van der Waals surface area contributed by atoms with Crippen LogP contribution in [0.15, 0.2) is 17.0 Å². The van der Waals surface area contributed by atoms with Crippen LogP contribution in [0.3, 0.4) is 0 Å². The van der Waals surface area contributed by atoms with Gasteiger partial charge in [-0.1, -0.05) is 20.8 Å². The van der Waals surface area contributed by atoms with Gasteiger partial charge in [0.1, 0.15) is 11.6 Å². The molecule has 2 fully saturated rings. The fourth-order valence-electron chi connectivity index (χ4n) is 3.18. The molecule has 4 nitrogen and oxygen atoms in total. The average molecular weight is 306 g/mol. The van der Waals surface area contributed by atoms with Gasteiger partial charge in [-0.25, -0.2) is 4.98 Å². The number of hydrogen-bond acceptors (Lipinski definition) is 5. The quantitative estimate of drug-likeness (QED) is 0.841. The lowest BCUT2D eigenvalue weighted by atomic mass is 10.0. The molecular weight excluding hydrogens is 280 g/mol. The van der Waals surface area contributed by atoms with Crippen molar-refractivity contribution in [2.45, 2.75) is 50.6 Å². The van der Waals surface area contributed by atoms with Gasteiger partial charge < -0.3 is 16.0 Å². The number of aromatic nitrogens is 1. The lowest BCUT2D eigenvalue weighted by Crippen LogP contribution is -2.52. The van der Waals surface area contributed by atoms with E-state index in [1.54, 1.807) is 0 Å². The molecule has 3 N–H and O–H groups in total. The molecule has 2 bridgehead atoms. The van der Waals surface area contributed by atoms with E-state index in [1.807, 2.05) is 17.8 Å². The zero-order chi connectivity index (χ0) is 15.0. The fraction of sp³-hybridized carbons (Fsp3) is 0.688. The summed E-state index contributed by atoms with van der Waals surface area (Å²) in [7, 11) is 0. The van der Waals surface area contributed by atoms with Gasteiger partial charge in [-0.15, -0.1) is 11.8 Å². The maximum atomic E-state index is 6.05. The average Bonchev–Trinajstić information content (AvgIpc) is 2.65. The Kier molecular flexibility index (Phi) is 4.06. The molecule has 2 unspecified atom stereocenters. The van der Waals surface area contributed by atoms with E-state index >= 15 is 0 Å². The number of thioether (sulfide) groups is 1. The van der Waals surface area contributed by atoms with Gasteiger partial charge in [0.15, 0.2) is 0 Å². The van der Waals surface area contributed by atoms with Crippen molar-refractivity contribution in [2.75, 3.05) is 29.5 Å². The van der Waals surface area contributed by atoms with Crippen LogP contribution < -0.4 is 16.0 Å². The van der Waals surface area contributed by atoms with Crippen LogP contribution in [0, 0.1) is 5.41 Å². The molecule has 0 aliphatic carbocycles. The molecule has 0 aromatic carbocycles. The second kappa shape index (κ2) is 5.69. The van der Waals surface area contributed by atoms with Crippen molar-refractivity contribution in [3.05, 3.63) is 12.1 Å². The Morgan fingerprint density at radius 3 is 2.57 bits per heavy atom.